The second-order valence-electron chi connectivity index (χ2n) is 5.12. The summed E-state index contributed by atoms with van der Waals surface area (Å²) in [6.07, 6.45) is 0. The highest BCUT2D eigenvalue weighted by atomic mass is 14.8. The quantitative estimate of drug-likeness (QED) is 0.816. The fourth-order valence-corrected chi connectivity index (χ4v) is 2.28. The van der Waals surface area contributed by atoms with Crippen molar-refractivity contribution in [2.75, 3.05) is 13.6 Å². The van der Waals surface area contributed by atoms with Crippen LogP contribution < -0.4 is 5.32 Å². The molecule has 0 radical (unpaired) electrons. The van der Waals surface area contributed by atoms with E-state index in [1.165, 1.54) is 22.3 Å². The number of nitrogens with one attached hydrogen (secondary N) is 1. The first-order valence-electron chi connectivity index (χ1n) is 6.19. The molecule has 0 aliphatic heterocycles. The zero-order chi connectivity index (χ0) is 12.3. The van der Waals surface area contributed by atoms with Crippen molar-refractivity contribution in [3.05, 3.63) is 34.4 Å². The van der Waals surface area contributed by atoms with Crippen LogP contribution in [0.1, 0.15) is 42.0 Å². The van der Waals surface area contributed by atoms with Gasteiger partial charge in [0.15, 0.2) is 0 Å². The van der Waals surface area contributed by atoms with Gasteiger partial charge in [0.25, 0.3) is 0 Å². The molecule has 0 fully saturated rings. The molecule has 0 aliphatic rings. The molecule has 0 amide bonds. The van der Waals surface area contributed by atoms with Gasteiger partial charge in [-0.25, -0.2) is 0 Å². The minimum atomic E-state index is 0.617. The second kappa shape index (κ2) is 5.49. The van der Waals surface area contributed by atoms with Crippen LogP contribution in [0.5, 0.6) is 0 Å². The standard InChI is InChI=1S/C15H25N/c1-10-7-12(3)15(8-11(10)2)14(5)13(4)9-16-6/h7-8,13-14,16H,9H2,1-6H3. The molecule has 90 valence electrons. The van der Waals surface area contributed by atoms with Crippen molar-refractivity contribution in [2.24, 2.45) is 5.92 Å². The summed E-state index contributed by atoms with van der Waals surface area (Å²) in [6.45, 7) is 12.3. The van der Waals surface area contributed by atoms with Gasteiger partial charge in [0.05, 0.1) is 0 Å². The molecule has 1 rings (SSSR count). The van der Waals surface area contributed by atoms with E-state index in [1.54, 1.807) is 0 Å². The lowest BCUT2D eigenvalue weighted by molar-refractivity contribution is 0.464. The van der Waals surface area contributed by atoms with Crippen molar-refractivity contribution in [1.29, 1.82) is 0 Å². The average molecular weight is 219 g/mol. The maximum absolute atomic E-state index is 3.26. The lowest BCUT2D eigenvalue weighted by atomic mass is 9.84. The molecule has 1 nitrogen and oxygen atoms in total. The Morgan fingerprint density at radius 1 is 1.00 bits per heavy atom. The second-order valence-corrected chi connectivity index (χ2v) is 5.12. The highest BCUT2D eigenvalue weighted by Gasteiger charge is 2.16. The Hall–Kier alpha value is -0.820. The van der Waals surface area contributed by atoms with Gasteiger partial charge < -0.3 is 5.32 Å². The minimum absolute atomic E-state index is 0.617. The predicted molar refractivity (Wildman–Crippen MR) is 72.2 cm³/mol. The van der Waals surface area contributed by atoms with Crippen LogP contribution in [0.2, 0.25) is 0 Å². The number of benzene rings is 1. The van der Waals surface area contributed by atoms with Gasteiger partial charge in [-0.15, -0.1) is 0 Å². The Morgan fingerprint density at radius 3 is 2.12 bits per heavy atom. The van der Waals surface area contributed by atoms with Crippen molar-refractivity contribution in [3.63, 3.8) is 0 Å². The van der Waals surface area contributed by atoms with E-state index in [0.29, 0.717) is 11.8 Å². The van der Waals surface area contributed by atoms with Crippen molar-refractivity contribution < 1.29 is 0 Å². The largest absolute Gasteiger partial charge is 0.319 e. The Morgan fingerprint density at radius 2 is 1.56 bits per heavy atom. The third-order valence-electron chi connectivity index (χ3n) is 3.75. The van der Waals surface area contributed by atoms with E-state index in [0.717, 1.165) is 6.54 Å². The number of aryl methyl sites for hydroxylation is 3. The molecule has 0 saturated carbocycles. The van der Waals surface area contributed by atoms with E-state index in [2.05, 4.69) is 52.1 Å². The zero-order valence-corrected chi connectivity index (χ0v) is 11.5. The molecule has 0 aromatic heterocycles. The van der Waals surface area contributed by atoms with Crippen LogP contribution in [0.3, 0.4) is 0 Å². The Kier molecular flexibility index (Phi) is 4.55. The fraction of sp³-hybridized carbons (Fsp3) is 0.600. The van der Waals surface area contributed by atoms with Crippen molar-refractivity contribution in [2.45, 2.75) is 40.5 Å². The fourth-order valence-electron chi connectivity index (χ4n) is 2.28. The molecule has 16 heavy (non-hydrogen) atoms. The molecule has 0 heterocycles. The van der Waals surface area contributed by atoms with Gasteiger partial charge in [0, 0.05) is 0 Å². The maximum atomic E-state index is 3.26. The first-order chi connectivity index (χ1) is 7.47. The Balaban J connectivity index is 2.99. The van der Waals surface area contributed by atoms with Crippen molar-refractivity contribution in [1.82, 2.24) is 5.32 Å². The van der Waals surface area contributed by atoms with Gasteiger partial charge in [-0.3, -0.25) is 0 Å². The molecule has 0 saturated heterocycles. The number of hydrogen-bond donors (Lipinski definition) is 1. The summed E-state index contributed by atoms with van der Waals surface area (Å²) in [5, 5.41) is 3.26. The number of hydrogen-bond acceptors (Lipinski definition) is 1. The van der Waals surface area contributed by atoms with Crippen LogP contribution in [-0.2, 0) is 0 Å². The molecule has 0 bridgehead atoms. The van der Waals surface area contributed by atoms with Gasteiger partial charge in [0.2, 0.25) is 0 Å². The molecular weight excluding hydrogens is 194 g/mol. The molecule has 0 spiro atoms. The molecule has 1 N–H and O–H groups in total. The molecule has 2 atom stereocenters. The van der Waals surface area contributed by atoms with E-state index < -0.39 is 0 Å². The molecular formula is C15H25N. The van der Waals surface area contributed by atoms with Gasteiger partial charge in [-0.1, -0.05) is 26.0 Å². The van der Waals surface area contributed by atoms with Gasteiger partial charge in [0.1, 0.15) is 0 Å². The Labute approximate surface area is 100 Å². The van der Waals surface area contributed by atoms with Crippen LogP contribution in [-0.4, -0.2) is 13.6 Å². The number of rotatable bonds is 4. The van der Waals surface area contributed by atoms with Crippen molar-refractivity contribution in [3.8, 4) is 0 Å². The van der Waals surface area contributed by atoms with Crippen LogP contribution in [0, 0.1) is 26.7 Å². The third-order valence-corrected chi connectivity index (χ3v) is 3.75. The molecule has 1 aromatic carbocycles. The first-order valence-corrected chi connectivity index (χ1v) is 6.19. The lowest BCUT2D eigenvalue weighted by Crippen LogP contribution is -2.21. The molecule has 1 heteroatoms. The highest BCUT2D eigenvalue weighted by Crippen LogP contribution is 2.28. The van der Waals surface area contributed by atoms with E-state index in [9.17, 15) is 0 Å². The smallest absolute Gasteiger partial charge is 0.00204 e. The predicted octanol–water partition coefficient (Wildman–Crippen LogP) is 3.57. The summed E-state index contributed by atoms with van der Waals surface area (Å²) < 4.78 is 0. The van der Waals surface area contributed by atoms with Gasteiger partial charge in [-0.05, 0) is 68.5 Å². The monoisotopic (exact) mass is 219 g/mol. The first kappa shape index (κ1) is 13.2. The van der Waals surface area contributed by atoms with Crippen molar-refractivity contribution >= 4 is 0 Å². The average Bonchev–Trinajstić information content (AvgIpc) is 2.23. The normalized spacial score (nSPS) is 14.9. The summed E-state index contributed by atoms with van der Waals surface area (Å²) >= 11 is 0. The molecule has 0 aliphatic carbocycles. The van der Waals surface area contributed by atoms with Crippen LogP contribution in [0.15, 0.2) is 12.1 Å². The SMILES string of the molecule is CNCC(C)C(C)c1cc(C)c(C)cc1C. The molecule has 1 aromatic rings. The summed E-state index contributed by atoms with van der Waals surface area (Å²) in [5.74, 6) is 1.29. The minimum Gasteiger partial charge on any atom is -0.319 e. The van der Waals surface area contributed by atoms with Gasteiger partial charge in [-0.2, -0.15) is 0 Å². The van der Waals surface area contributed by atoms with E-state index in [-0.39, 0.29) is 0 Å². The Bertz CT molecular complexity index is 355. The van der Waals surface area contributed by atoms with Crippen LogP contribution in [0.4, 0.5) is 0 Å². The van der Waals surface area contributed by atoms with E-state index in [4.69, 9.17) is 0 Å². The van der Waals surface area contributed by atoms with E-state index >= 15 is 0 Å². The maximum Gasteiger partial charge on any atom is -0.00204 e. The third kappa shape index (κ3) is 2.85. The summed E-state index contributed by atoms with van der Waals surface area (Å²) in [6, 6.07) is 4.68. The molecule has 2 unspecified atom stereocenters. The summed E-state index contributed by atoms with van der Waals surface area (Å²) in [5.41, 5.74) is 5.74. The summed E-state index contributed by atoms with van der Waals surface area (Å²) in [4.78, 5) is 0. The topological polar surface area (TPSA) is 12.0 Å². The van der Waals surface area contributed by atoms with Crippen LogP contribution >= 0.6 is 0 Å². The van der Waals surface area contributed by atoms with Gasteiger partial charge >= 0.3 is 0 Å². The summed E-state index contributed by atoms with van der Waals surface area (Å²) in [7, 11) is 2.02. The highest BCUT2D eigenvalue weighted by molar-refractivity contribution is 5.38. The van der Waals surface area contributed by atoms with E-state index in [1.807, 2.05) is 7.05 Å². The van der Waals surface area contributed by atoms with Crippen LogP contribution in [0.25, 0.3) is 0 Å². The zero-order valence-electron chi connectivity index (χ0n) is 11.5. The lowest BCUT2D eigenvalue weighted by Gasteiger charge is -2.23.